The Balaban J connectivity index is 1.65. The first-order valence-electron chi connectivity index (χ1n) is 8.82. The molecule has 0 atom stereocenters. The van der Waals surface area contributed by atoms with Gasteiger partial charge in [-0.25, -0.2) is 4.79 Å². The van der Waals surface area contributed by atoms with E-state index >= 15 is 0 Å². The van der Waals surface area contributed by atoms with Gasteiger partial charge in [0, 0.05) is 37.3 Å². The highest BCUT2D eigenvalue weighted by molar-refractivity contribution is 5.95. The van der Waals surface area contributed by atoms with Crippen molar-refractivity contribution in [3.8, 4) is 0 Å². The summed E-state index contributed by atoms with van der Waals surface area (Å²) in [5, 5.41) is 10.9. The van der Waals surface area contributed by atoms with Crippen molar-refractivity contribution in [2.24, 2.45) is 0 Å². The van der Waals surface area contributed by atoms with Gasteiger partial charge in [0.15, 0.2) is 0 Å². The van der Waals surface area contributed by atoms with E-state index in [4.69, 9.17) is 0 Å². The minimum atomic E-state index is -0.288. The molecular weight excluding hydrogens is 344 g/mol. The van der Waals surface area contributed by atoms with Crippen molar-refractivity contribution in [2.45, 2.75) is 19.9 Å². The molecule has 4 N–H and O–H groups in total. The molecule has 0 fully saturated rings. The van der Waals surface area contributed by atoms with E-state index in [9.17, 15) is 14.4 Å². The fourth-order valence-electron chi connectivity index (χ4n) is 2.25. The summed E-state index contributed by atoms with van der Waals surface area (Å²) in [6.07, 6.45) is 0.397. The summed E-state index contributed by atoms with van der Waals surface area (Å²) in [5.74, 6) is -0.321. The van der Waals surface area contributed by atoms with Crippen molar-refractivity contribution in [3.05, 3.63) is 65.7 Å². The maximum Gasteiger partial charge on any atom is 0.315 e. The molecule has 7 nitrogen and oxygen atoms in total. The predicted molar refractivity (Wildman–Crippen MR) is 104 cm³/mol. The third-order valence-corrected chi connectivity index (χ3v) is 3.74. The number of anilines is 1. The topological polar surface area (TPSA) is 99.3 Å². The van der Waals surface area contributed by atoms with E-state index in [0.717, 1.165) is 5.56 Å². The molecule has 7 heteroatoms. The van der Waals surface area contributed by atoms with Crippen molar-refractivity contribution in [2.75, 3.05) is 18.4 Å². The highest BCUT2D eigenvalue weighted by Crippen LogP contribution is 2.09. The van der Waals surface area contributed by atoms with Crippen LogP contribution in [0, 0.1) is 0 Å². The van der Waals surface area contributed by atoms with Crippen molar-refractivity contribution >= 4 is 23.5 Å². The second-order valence-electron chi connectivity index (χ2n) is 5.83. The third kappa shape index (κ3) is 7.19. The molecule has 0 aliphatic heterocycles. The predicted octanol–water partition coefficient (Wildman–Crippen LogP) is 2.26. The molecule has 2 aromatic rings. The Morgan fingerprint density at radius 2 is 1.48 bits per heavy atom. The van der Waals surface area contributed by atoms with Gasteiger partial charge in [-0.1, -0.05) is 37.3 Å². The second kappa shape index (κ2) is 10.6. The van der Waals surface area contributed by atoms with E-state index in [1.165, 1.54) is 0 Å². The van der Waals surface area contributed by atoms with Crippen molar-refractivity contribution in [1.82, 2.24) is 16.0 Å². The van der Waals surface area contributed by atoms with Gasteiger partial charge < -0.3 is 21.3 Å². The summed E-state index contributed by atoms with van der Waals surface area (Å²) in [7, 11) is 0. The van der Waals surface area contributed by atoms with Crippen LogP contribution in [-0.4, -0.2) is 30.9 Å². The highest BCUT2D eigenvalue weighted by atomic mass is 16.2. The standard InChI is InChI=1S/C20H24N4O3/c1-2-18(25)24-17-10-8-16(9-11-17)19(26)21-12-13-22-20(27)23-14-15-6-4-3-5-7-15/h3-11H,2,12-14H2,1H3,(H,21,26)(H,24,25)(H2,22,23,27). The molecule has 142 valence electrons. The van der Waals surface area contributed by atoms with E-state index < -0.39 is 0 Å². The maximum absolute atomic E-state index is 12.1. The van der Waals surface area contributed by atoms with Gasteiger partial charge in [-0.3, -0.25) is 9.59 Å². The summed E-state index contributed by atoms with van der Waals surface area (Å²) >= 11 is 0. The zero-order chi connectivity index (χ0) is 19.5. The van der Waals surface area contributed by atoms with Crippen LogP contribution in [0.1, 0.15) is 29.3 Å². The molecule has 0 heterocycles. The Labute approximate surface area is 158 Å². The molecule has 0 bridgehead atoms. The van der Waals surface area contributed by atoms with Gasteiger partial charge in [0.1, 0.15) is 0 Å². The first-order valence-corrected chi connectivity index (χ1v) is 8.82. The van der Waals surface area contributed by atoms with E-state index in [-0.39, 0.29) is 17.8 Å². The van der Waals surface area contributed by atoms with Crippen molar-refractivity contribution in [3.63, 3.8) is 0 Å². The Hall–Kier alpha value is -3.35. The molecule has 0 aliphatic rings. The summed E-state index contributed by atoms with van der Waals surface area (Å²) < 4.78 is 0. The van der Waals surface area contributed by atoms with Gasteiger partial charge >= 0.3 is 6.03 Å². The molecule has 2 rings (SSSR count). The molecule has 0 saturated carbocycles. The number of benzene rings is 2. The van der Waals surface area contributed by atoms with E-state index in [1.807, 2.05) is 30.3 Å². The number of rotatable bonds is 8. The van der Waals surface area contributed by atoms with Crippen LogP contribution >= 0.6 is 0 Å². The Morgan fingerprint density at radius 1 is 0.815 bits per heavy atom. The normalized spacial score (nSPS) is 9.96. The number of amides is 4. The lowest BCUT2D eigenvalue weighted by molar-refractivity contribution is -0.115. The molecule has 0 radical (unpaired) electrons. The lowest BCUT2D eigenvalue weighted by Gasteiger charge is -2.09. The zero-order valence-electron chi connectivity index (χ0n) is 15.2. The summed E-state index contributed by atoms with van der Waals surface area (Å²) in [6, 6.07) is 15.9. The van der Waals surface area contributed by atoms with Gasteiger partial charge in [0.25, 0.3) is 5.91 Å². The summed E-state index contributed by atoms with van der Waals surface area (Å²) in [6.45, 7) is 2.84. The van der Waals surface area contributed by atoms with Crippen LogP contribution in [0.2, 0.25) is 0 Å². The minimum absolute atomic E-state index is 0.0798. The number of carbonyl (C=O) groups is 3. The van der Waals surface area contributed by atoms with Gasteiger partial charge in [-0.2, -0.15) is 0 Å². The van der Waals surface area contributed by atoms with Crippen LogP contribution in [0.3, 0.4) is 0 Å². The fraction of sp³-hybridized carbons (Fsp3) is 0.250. The first-order chi connectivity index (χ1) is 13.1. The molecule has 0 aliphatic carbocycles. The number of urea groups is 1. The van der Waals surface area contributed by atoms with Gasteiger partial charge in [0.05, 0.1) is 0 Å². The second-order valence-corrected chi connectivity index (χ2v) is 5.83. The molecule has 4 amide bonds. The maximum atomic E-state index is 12.1. The third-order valence-electron chi connectivity index (χ3n) is 3.74. The summed E-state index contributed by atoms with van der Waals surface area (Å²) in [5.41, 5.74) is 2.15. The van der Waals surface area contributed by atoms with Gasteiger partial charge in [-0.15, -0.1) is 0 Å². The van der Waals surface area contributed by atoms with Crippen LogP contribution in [0.15, 0.2) is 54.6 Å². The molecule has 0 spiro atoms. The van der Waals surface area contributed by atoms with Crippen LogP contribution in [0.4, 0.5) is 10.5 Å². The Morgan fingerprint density at radius 3 is 2.15 bits per heavy atom. The van der Waals surface area contributed by atoms with Crippen molar-refractivity contribution in [1.29, 1.82) is 0 Å². The van der Waals surface area contributed by atoms with Crippen LogP contribution in [-0.2, 0) is 11.3 Å². The summed E-state index contributed by atoms with van der Waals surface area (Å²) in [4.78, 5) is 35.1. The molecule has 0 aromatic heterocycles. The molecule has 0 unspecified atom stereocenters. The molecular formula is C20H24N4O3. The van der Waals surface area contributed by atoms with Gasteiger partial charge in [0.2, 0.25) is 5.91 Å². The SMILES string of the molecule is CCC(=O)Nc1ccc(C(=O)NCCNC(=O)NCc2ccccc2)cc1. The number of hydrogen-bond donors (Lipinski definition) is 4. The monoisotopic (exact) mass is 368 g/mol. The fourth-order valence-corrected chi connectivity index (χ4v) is 2.25. The lowest BCUT2D eigenvalue weighted by atomic mass is 10.2. The van der Waals surface area contributed by atoms with Crippen LogP contribution in [0.25, 0.3) is 0 Å². The van der Waals surface area contributed by atoms with E-state index in [0.29, 0.717) is 37.3 Å². The molecule has 0 saturated heterocycles. The minimum Gasteiger partial charge on any atom is -0.350 e. The van der Waals surface area contributed by atoms with Crippen LogP contribution in [0.5, 0.6) is 0 Å². The quantitative estimate of drug-likeness (QED) is 0.538. The van der Waals surface area contributed by atoms with Crippen LogP contribution < -0.4 is 21.3 Å². The smallest absolute Gasteiger partial charge is 0.315 e. The highest BCUT2D eigenvalue weighted by Gasteiger charge is 2.06. The molecule has 2 aromatic carbocycles. The first kappa shape index (κ1) is 20.0. The Bertz CT molecular complexity index is 761. The van der Waals surface area contributed by atoms with Crippen molar-refractivity contribution < 1.29 is 14.4 Å². The molecule has 27 heavy (non-hydrogen) atoms. The lowest BCUT2D eigenvalue weighted by Crippen LogP contribution is -2.40. The Kier molecular flexibility index (Phi) is 7.84. The average molecular weight is 368 g/mol. The van der Waals surface area contributed by atoms with E-state index in [1.54, 1.807) is 31.2 Å². The van der Waals surface area contributed by atoms with E-state index in [2.05, 4.69) is 21.3 Å². The zero-order valence-corrected chi connectivity index (χ0v) is 15.2. The number of hydrogen-bond acceptors (Lipinski definition) is 3. The van der Waals surface area contributed by atoms with Gasteiger partial charge in [-0.05, 0) is 29.8 Å². The number of nitrogens with one attached hydrogen (secondary N) is 4. The average Bonchev–Trinajstić information content (AvgIpc) is 2.70. The largest absolute Gasteiger partial charge is 0.350 e. The number of carbonyl (C=O) groups excluding carboxylic acids is 3.